The lowest BCUT2D eigenvalue weighted by Crippen LogP contribution is -2.37. The largest absolute Gasteiger partial charge is 0.497 e. The van der Waals surface area contributed by atoms with Crippen molar-refractivity contribution >= 4 is 6.09 Å². The molecule has 0 saturated carbocycles. The van der Waals surface area contributed by atoms with Crippen LogP contribution in [0.4, 0.5) is 4.79 Å². The molecule has 20 heavy (non-hydrogen) atoms. The highest BCUT2D eigenvalue weighted by Crippen LogP contribution is 2.28. The Kier molecular flexibility index (Phi) is 5.39. The van der Waals surface area contributed by atoms with Crippen LogP contribution in [0, 0.1) is 5.41 Å². The van der Waals surface area contributed by atoms with E-state index in [2.05, 4.69) is 5.32 Å². The zero-order valence-electron chi connectivity index (χ0n) is 12.4. The Morgan fingerprint density at radius 2 is 1.85 bits per heavy atom. The number of amides is 1. The maximum Gasteiger partial charge on any atom is 0.405 e. The number of aliphatic hydroxyl groups excluding tert-OH is 1. The molecular formula is C15H23NO4. The molecule has 0 saturated heterocycles. The van der Waals surface area contributed by atoms with E-state index in [9.17, 15) is 9.90 Å². The minimum Gasteiger partial charge on any atom is -0.497 e. The zero-order chi connectivity index (χ0) is 15.3. The number of aliphatic hydroxyl groups is 1. The van der Waals surface area contributed by atoms with Gasteiger partial charge in [0.25, 0.3) is 0 Å². The lowest BCUT2D eigenvalue weighted by molar-refractivity contribution is 0.0809. The fraction of sp³-hybridized carbons (Fsp3) is 0.533. The minimum absolute atomic E-state index is 0.0929. The van der Waals surface area contributed by atoms with Crippen LogP contribution in [0.5, 0.6) is 5.75 Å². The fourth-order valence-corrected chi connectivity index (χ4v) is 2.09. The molecule has 0 unspecified atom stereocenters. The van der Waals surface area contributed by atoms with Gasteiger partial charge in [0.15, 0.2) is 0 Å². The third-order valence-electron chi connectivity index (χ3n) is 2.96. The van der Waals surface area contributed by atoms with Gasteiger partial charge in [-0.05, 0) is 29.5 Å². The Morgan fingerprint density at radius 3 is 2.25 bits per heavy atom. The maximum atomic E-state index is 10.9. The van der Waals surface area contributed by atoms with Gasteiger partial charge in [-0.3, -0.25) is 0 Å². The highest BCUT2D eigenvalue weighted by molar-refractivity contribution is 5.65. The molecule has 0 fully saturated rings. The molecule has 0 aliphatic carbocycles. The van der Waals surface area contributed by atoms with Gasteiger partial charge in [-0.25, -0.2) is 4.79 Å². The summed E-state index contributed by atoms with van der Waals surface area (Å²) in [5.74, 6) is 0.688. The first kappa shape index (κ1) is 16.3. The van der Waals surface area contributed by atoms with E-state index in [-0.39, 0.29) is 5.41 Å². The van der Waals surface area contributed by atoms with Gasteiger partial charge in [0, 0.05) is 0 Å². The van der Waals surface area contributed by atoms with E-state index in [0.717, 1.165) is 0 Å². The van der Waals surface area contributed by atoms with Crippen LogP contribution in [0.1, 0.15) is 38.8 Å². The Hall–Kier alpha value is -1.75. The highest BCUT2D eigenvalue weighted by Gasteiger charge is 2.27. The Bertz CT molecular complexity index is 436. The summed E-state index contributed by atoms with van der Waals surface area (Å²) in [5, 5.41) is 21.6. The van der Waals surface area contributed by atoms with Crippen molar-refractivity contribution in [2.75, 3.05) is 7.11 Å². The molecule has 1 rings (SSSR count). The molecule has 0 aliphatic rings. The lowest BCUT2D eigenvalue weighted by atomic mass is 9.85. The second-order valence-corrected chi connectivity index (χ2v) is 6.03. The first-order chi connectivity index (χ1) is 9.23. The van der Waals surface area contributed by atoms with Crippen molar-refractivity contribution in [1.29, 1.82) is 0 Å². The second-order valence-electron chi connectivity index (χ2n) is 6.03. The van der Waals surface area contributed by atoms with Crippen LogP contribution in [-0.4, -0.2) is 29.5 Å². The van der Waals surface area contributed by atoms with Gasteiger partial charge in [-0.1, -0.05) is 32.9 Å². The molecule has 5 heteroatoms. The maximum absolute atomic E-state index is 10.9. The second kappa shape index (κ2) is 6.61. The molecule has 3 N–H and O–H groups in total. The van der Waals surface area contributed by atoms with Crippen LogP contribution in [0.25, 0.3) is 0 Å². The number of carbonyl (C=O) groups is 1. The van der Waals surface area contributed by atoms with Gasteiger partial charge < -0.3 is 20.3 Å². The molecule has 0 bridgehead atoms. The molecule has 0 radical (unpaired) electrons. The molecule has 2 atom stereocenters. The molecule has 0 spiro atoms. The van der Waals surface area contributed by atoms with Crippen molar-refractivity contribution in [2.24, 2.45) is 5.41 Å². The monoisotopic (exact) mass is 281 g/mol. The van der Waals surface area contributed by atoms with Crippen LogP contribution in [-0.2, 0) is 0 Å². The van der Waals surface area contributed by atoms with Crippen LogP contribution in [0.2, 0.25) is 0 Å². The summed E-state index contributed by atoms with van der Waals surface area (Å²) in [6, 6.07) is 6.35. The highest BCUT2D eigenvalue weighted by atomic mass is 16.5. The van der Waals surface area contributed by atoms with Gasteiger partial charge in [0.2, 0.25) is 0 Å². The summed E-state index contributed by atoms with van der Waals surface area (Å²) in [4.78, 5) is 10.9. The van der Waals surface area contributed by atoms with Gasteiger partial charge in [-0.15, -0.1) is 0 Å². The number of nitrogens with one attached hydrogen (secondary N) is 1. The van der Waals surface area contributed by atoms with Gasteiger partial charge in [0.1, 0.15) is 5.75 Å². The van der Waals surface area contributed by atoms with Crippen molar-refractivity contribution in [3.8, 4) is 5.75 Å². The smallest absolute Gasteiger partial charge is 0.405 e. The van der Waals surface area contributed by atoms with Crippen molar-refractivity contribution < 1.29 is 19.7 Å². The fourth-order valence-electron chi connectivity index (χ4n) is 2.09. The van der Waals surface area contributed by atoms with E-state index in [1.165, 1.54) is 0 Å². The molecule has 0 aromatic heterocycles. The average molecular weight is 281 g/mol. The van der Waals surface area contributed by atoms with Crippen LogP contribution in [0.3, 0.4) is 0 Å². The Labute approximate surface area is 119 Å². The van der Waals surface area contributed by atoms with Gasteiger partial charge >= 0.3 is 6.09 Å². The molecule has 0 aliphatic heterocycles. The summed E-state index contributed by atoms with van der Waals surface area (Å²) in [7, 11) is 1.57. The standard InChI is InChI=1S/C15H23NO4/c1-15(2,3)9-12(17)13(16-14(18)19)10-5-7-11(20-4)8-6-10/h5-8,12-13,16-17H,9H2,1-4H3,(H,18,19)/t12-,13-/m0/s1. The van der Waals surface area contributed by atoms with E-state index in [1.54, 1.807) is 31.4 Å². The molecular weight excluding hydrogens is 258 g/mol. The summed E-state index contributed by atoms with van der Waals surface area (Å²) in [6.07, 6.45) is -1.46. The number of ether oxygens (including phenoxy) is 1. The number of hydrogen-bond acceptors (Lipinski definition) is 3. The molecule has 1 aromatic carbocycles. The number of carboxylic acid groups (broad SMARTS) is 1. The summed E-state index contributed by atoms with van der Waals surface area (Å²) in [5.41, 5.74) is 0.620. The number of hydrogen-bond donors (Lipinski definition) is 3. The number of rotatable bonds is 5. The average Bonchev–Trinajstić information content (AvgIpc) is 2.34. The zero-order valence-corrected chi connectivity index (χ0v) is 12.4. The quantitative estimate of drug-likeness (QED) is 0.775. The van der Waals surface area contributed by atoms with Crippen molar-refractivity contribution in [3.05, 3.63) is 29.8 Å². The first-order valence-corrected chi connectivity index (χ1v) is 6.54. The predicted octanol–water partition coefficient (Wildman–Crippen LogP) is 2.80. The first-order valence-electron chi connectivity index (χ1n) is 6.54. The van der Waals surface area contributed by atoms with E-state index in [0.29, 0.717) is 17.7 Å². The molecule has 5 nitrogen and oxygen atoms in total. The Balaban J connectivity index is 2.95. The van der Waals surface area contributed by atoms with Crippen molar-refractivity contribution in [1.82, 2.24) is 5.32 Å². The topological polar surface area (TPSA) is 78.8 Å². The summed E-state index contributed by atoms with van der Waals surface area (Å²) < 4.78 is 5.07. The third kappa shape index (κ3) is 5.09. The molecule has 1 amide bonds. The van der Waals surface area contributed by atoms with E-state index >= 15 is 0 Å². The van der Waals surface area contributed by atoms with E-state index < -0.39 is 18.2 Å². The predicted molar refractivity (Wildman–Crippen MR) is 77.0 cm³/mol. The molecule has 112 valence electrons. The number of benzene rings is 1. The summed E-state index contributed by atoms with van der Waals surface area (Å²) in [6.45, 7) is 6.01. The van der Waals surface area contributed by atoms with Crippen LogP contribution >= 0.6 is 0 Å². The Morgan fingerprint density at radius 1 is 1.30 bits per heavy atom. The van der Waals surface area contributed by atoms with Crippen molar-refractivity contribution in [2.45, 2.75) is 39.3 Å². The van der Waals surface area contributed by atoms with Crippen molar-refractivity contribution in [3.63, 3.8) is 0 Å². The molecule has 1 aromatic rings. The molecule has 0 heterocycles. The normalized spacial score (nSPS) is 14.4. The SMILES string of the molecule is COc1ccc([C@H](NC(=O)O)[C@@H](O)CC(C)(C)C)cc1. The van der Waals surface area contributed by atoms with E-state index in [1.807, 2.05) is 20.8 Å². The van der Waals surface area contributed by atoms with Gasteiger partial charge in [0.05, 0.1) is 19.3 Å². The van der Waals surface area contributed by atoms with Gasteiger partial charge in [-0.2, -0.15) is 0 Å². The number of methoxy groups -OCH3 is 1. The van der Waals surface area contributed by atoms with Crippen LogP contribution < -0.4 is 10.1 Å². The lowest BCUT2D eigenvalue weighted by Gasteiger charge is -2.29. The van der Waals surface area contributed by atoms with Crippen LogP contribution in [0.15, 0.2) is 24.3 Å². The summed E-state index contributed by atoms with van der Waals surface area (Å²) >= 11 is 0. The minimum atomic E-state index is -1.15. The van der Waals surface area contributed by atoms with E-state index in [4.69, 9.17) is 9.84 Å². The third-order valence-corrected chi connectivity index (χ3v) is 2.96.